The van der Waals surface area contributed by atoms with Gasteiger partial charge in [-0.1, -0.05) is 6.92 Å². The van der Waals surface area contributed by atoms with E-state index in [4.69, 9.17) is 5.73 Å². The summed E-state index contributed by atoms with van der Waals surface area (Å²) >= 11 is 4.80. The maximum absolute atomic E-state index is 12.8. The van der Waals surface area contributed by atoms with Crippen LogP contribution in [-0.2, 0) is 10.0 Å². The second kappa shape index (κ2) is 5.81. The summed E-state index contributed by atoms with van der Waals surface area (Å²) in [5.41, 5.74) is 5.79. The zero-order valence-corrected chi connectivity index (χ0v) is 14.3. The molecular formula is C12H19BrN2O2S2. The van der Waals surface area contributed by atoms with Crippen molar-refractivity contribution in [2.45, 2.75) is 37.6 Å². The monoisotopic (exact) mass is 366 g/mol. The summed E-state index contributed by atoms with van der Waals surface area (Å²) in [6, 6.07) is 1.61. The Morgan fingerprint density at radius 2 is 2.26 bits per heavy atom. The zero-order valence-electron chi connectivity index (χ0n) is 11.1. The maximum atomic E-state index is 12.8. The van der Waals surface area contributed by atoms with Crippen molar-refractivity contribution in [3.05, 3.63) is 14.7 Å². The first-order chi connectivity index (χ1) is 8.87. The summed E-state index contributed by atoms with van der Waals surface area (Å²) in [5, 5.41) is 0. The van der Waals surface area contributed by atoms with E-state index >= 15 is 0 Å². The Kier molecular flexibility index (Phi) is 4.72. The smallest absolute Gasteiger partial charge is 0.244 e. The van der Waals surface area contributed by atoms with Gasteiger partial charge >= 0.3 is 0 Å². The quantitative estimate of drug-likeness (QED) is 0.893. The van der Waals surface area contributed by atoms with E-state index in [2.05, 4.69) is 22.9 Å². The molecule has 0 aliphatic carbocycles. The van der Waals surface area contributed by atoms with Gasteiger partial charge in [0.2, 0.25) is 10.0 Å². The van der Waals surface area contributed by atoms with Gasteiger partial charge in [-0.15, -0.1) is 11.3 Å². The minimum Gasteiger partial charge on any atom is -0.329 e. The number of hydrogen-bond acceptors (Lipinski definition) is 4. The minimum atomic E-state index is -3.43. The van der Waals surface area contributed by atoms with Gasteiger partial charge in [0.1, 0.15) is 0 Å². The lowest BCUT2D eigenvalue weighted by Crippen LogP contribution is -2.51. The van der Waals surface area contributed by atoms with E-state index in [9.17, 15) is 8.42 Å². The van der Waals surface area contributed by atoms with E-state index in [1.165, 1.54) is 11.3 Å². The lowest BCUT2D eigenvalue weighted by atomic mass is 9.93. The Hall–Kier alpha value is 0.0500. The molecule has 1 aromatic heterocycles. The average Bonchev–Trinajstić information content (AvgIpc) is 2.68. The van der Waals surface area contributed by atoms with Crippen LogP contribution in [0.15, 0.2) is 14.7 Å². The molecule has 0 spiro atoms. The highest BCUT2D eigenvalue weighted by Crippen LogP contribution is 2.34. The van der Waals surface area contributed by atoms with Gasteiger partial charge in [-0.05, 0) is 47.7 Å². The molecule has 2 atom stereocenters. The number of halogens is 1. The SMILES string of the molecule is Cc1sc(Br)cc1S(=O)(=O)N1CCCC(C)C1CN. The third-order valence-electron chi connectivity index (χ3n) is 3.74. The molecule has 0 saturated carbocycles. The number of rotatable bonds is 3. The number of sulfonamides is 1. The predicted molar refractivity (Wildman–Crippen MR) is 81.9 cm³/mol. The molecule has 2 rings (SSSR count). The summed E-state index contributed by atoms with van der Waals surface area (Å²) in [4.78, 5) is 1.23. The predicted octanol–water partition coefficient (Wildman–Crippen LogP) is 2.57. The summed E-state index contributed by atoms with van der Waals surface area (Å²) in [6.45, 7) is 4.87. The molecule has 1 aromatic rings. The molecule has 2 heterocycles. The van der Waals surface area contributed by atoms with E-state index in [-0.39, 0.29) is 6.04 Å². The van der Waals surface area contributed by atoms with Crippen molar-refractivity contribution < 1.29 is 8.42 Å². The van der Waals surface area contributed by atoms with Crippen LogP contribution in [0.3, 0.4) is 0 Å². The largest absolute Gasteiger partial charge is 0.329 e. The average molecular weight is 367 g/mol. The standard InChI is InChI=1S/C12H19BrN2O2S2/c1-8-4-3-5-15(10(8)7-14)19(16,17)11-6-12(13)18-9(11)2/h6,8,10H,3-5,7,14H2,1-2H3. The molecule has 108 valence electrons. The Balaban J connectivity index is 2.40. The molecule has 0 bridgehead atoms. The number of nitrogens with two attached hydrogens (primary N) is 1. The van der Waals surface area contributed by atoms with Crippen LogP contribution in [0.1, 0.15) is 24.6 Å². The molecule has 1 aliphatic rings. The van der Waals surface area contributed by atoms with Crippen LogP contribution in [-0.4, -0.2) is 31.9 Å². The van der Waals surface area contributed by atoms with Gasteiger partial charge in [-0.3, -0.25) is 0 Å². The van der Waals surface area contributed by atoms with Crippen LogP contribution in [0.4, 0.5) is 0 Å². The number of hydrogen-bond donors (Lipinski definition) is 1. The van der Waals surface area contributed by atoms with Crippen molar-refractivity contribution in [3.63, 3.8) is 0 Å². The number of aryl methyl sites for hydroxylation is 1. The molecule has 7 heteroatoms. The number of piperidine rings is 1. The van der Waals surface area contributed by atoms with Crippen LogP contribution >= 0.6 is 27.3 Å². The fourth-order valence-electron chi connectivity index (χ4n) is 2.67. The number of nitrogens with zero attached hydrogens (tertiary/aromatic N) is 1. The van der Waals surface area contributed by atoms with E-state index in [0.29, 0.717) is 23.9 Å². The fraction of sp³-hybridized carbons (Fsp3) is 0.667. The molecule has 0 amide bonds. The zero-order chi connectivity index (χ0) is 14.2. The lowest BCUT2D eigenvalue weighted by molar-refractivity contribution is 0.192. The highest BCUT2D eigenvalue weighted by atomic mass is 79.9. The molecule has 0 aromatic carbocycles. The Morgan fingerprint density at radius 3 is 2.79 bits per heavy atom. The van der Waals surface area contributed by atoms with Gasteiger partial charge in [0, 0.05) is 24.0 Å². The van der Waals surface area contributed by atoms with Crippen LogP contribution < -0.4 is 5.73 Å². The van der Waals surface area contributed by atoms with Gasteiger partial charge in [0.25, 0.3) is 0 Å². The summed E-state index contributed by atoms with van der Waals surface area (Å²) in [6.07, 6.45) is 1.95. The van der Waals surface area contributed by atoms with Crippen LogP contribution in [0.2, 0.25) is 0 Å². The van der Waals surface area contributed by atoms with Gasteiger partial charge < -0.3 is 5.73 Å². The third kappa shape index (κ3) is 2.90. The first kappa shape index (κ1) is 15.4. The topological polar surface area (TPSA) is 63.4 Å². The van der Waals surface area contributed by atoms with Gasteiger partial charge in [-0.2, -0.15) is 4.31 Å². The lowest BCUT2D eigenvalue weighted by Gasteiger charge is -2.38. The summed E-state index contributed by atoms with van der Waals surface area (Å²) in [5.74, 6) is 0.316. The van der Waals surface area contributed by atoms with E-state index in [1.807, 2.05) is 6.92 Å². The first-order valence-electron chi connectivity index (χ1n) is 6.35. The summed E-state index contributed by atoms with van der Waals surface area (Å²) < 4.78 is 28.0. The van der Waals surface area contributed by atoms with Crippen LogP contribution in [0.25, 0.3) is 0 Å². The fourth-order valence-corrected chi connectivity index (χ4v) is 6.83. The second-order valence-corrected chi connectivity index (χ2v) is 9.50. The normalized spacial score (nSPS) is 25.7. The van der Waals surface area contributed by atoms with E-state index in [1.54, 1.807) is 10.4 Å². The van der Waals surface area contributed by atoms with Gasteiger partial charge in [0.15, 0.2) is 0 Å². The van der Waals surface area contributed by atoms with Crippen molar-refractivity contribution in [3.8, 4) is 0 Å². The van der Waals surface area contributed by atoms with Crippen LogP contribution in [0, 0.1) is 12.8 Å². The van der Waals surface area contributed by atoms with Gasteiger partial charge in [-0.25, -0.2) is 8.42 Å². The Morgan fingerprint density at radius 1 is 1.58 bits per heavy atom. The molecule has 1 fully saturated rings. The number of thiophene rings is 1. The maximum Gasteiger partial charge on any atom is 0.244 e. The molecule has 0 radical (unpaired) electrons. The molecule has 1 saturated heterocycles. The van der Waals surface area contributed by atoms with Crippen molar-refractivity contribution >= 4 is 37.3 Å². The van der Waals surface area contributed by atoms with Crippen molar-refractivity contribution in [2.24, 2.45) is 11.7 Å². The molecule has 2 unspecified atom stereocenters. The molecular weight excluding hydrogens is 348 g/mol. The second-order valence-electron chi connectivity index (χ2n) is 5.01. The Labute approximate surface area is 127 Å². The molecule has 1 aliphatic heterocycles. The highest BCUT2D eigenvalue weighted by Gasteiger charge is 2.37. The molecule has 4 nitrogen and oxygen atoms in total. The summed E-state index contributed by atoms with van der Waals surface area (Å²) in [7, 11) is -3.43. The molecule has 2 N–H and O–H groups in total. The highest BCUT2D eigenvalue weighted by molar-refractivity contribution is 9.11. The van der Waals surface area contributed by atoms with E-state index < -0.39 is 10.0 Å². The first-order valence-corrected chi connectivity index (χ1v) is 9.40. The van der Waals surface area contributed by atoms with Crippen molar-refractivity contribution in [1.29, 1.82) is 0 Å². The minimum absolute atomic E-state index is 0.0863. The third-order valence-corrected chi connectivity index (χ3v) is 7.47. The van der Waals surface area contributed by atoms with Gasteiger partial charge in [0.05, 0.1) is 8.68 Å². The Bertz CT molecular complexity index is 556. The van der Waals surface area contributed by atoms with Crippen molar-refractivity contribution in [2.75, 3.05) is 13.1 Å². The van der Waals surface area contributed by atoms with Crippen LogP contribution in [0.5, 0.6) is 0 Å². The van der Waals surface area contributed by atoms with E-state index in [0.717, 1.165) is 21.5 Å². The molecule has 19 heavy (non-hydrogen) atoms. The van der Waals surface area contributed by atoms with Crippen molar-refractivity contribution in [1.82, 2.24) is 4.31 Å².